The van der Waals surface area contributed by atoms with E-state index in [1.54, 1.807) is 12.1 Å². The van der Waals surface area contributed by atoms with Crippen LogP contribution in [0.2, 0.25) is 0 Å². The molecule has 0 N–H and O–H groups in total. The van der Waals surface area contributed by atoms with E-state index >= 15 is 0 Å². The molecule has 146 valence electrons. The molecule has 0 amide bonds. The van der Waals surface area contributed by atoms with Crippen molar-refractivity contribution in [3.8, 4) is 6.07 Å². The summed E-state index contributed by atoms with van der Waals surface area (Å²) in [7, 11) is 0. The van der Waals surface area contributed by atoms with Crippen LogP contribution >= 0.6 is 0 Å². The van der Waals surface area contributed by atoms with Crippen molar-refractivity contribution in [2.24, 2.45) is 0 Å². The maximum atomic E-state index is 11.1. The summed E-state index contributed by atoms with van der Waals surface area (Å²) < 4.78 is 2.24. The summed E-state index contributed by atoms with van der Waals surface area (Å²) in [6.07, 6.45) is 1.83. The molecule has 4 rings (SSSR count). The summed E-state index contributed by atoms with van der Waals surface area (Å²) in [5.41, 5.74) is 5.16. The molecule has 0 bridgehead atoms. The number of nitro groups is 1. The van der Waals surface area contributed by atoms with Gasteiger partial charge < -0.3 is 4.57 Å². The topological polar surface area (TPSA) is 71.9 Å². The Kier molecular flexibility index (Phi) is 5.15. The summed E-state index contributed by atoms with van der Waals surface area (Å²) >= 11 is 0. The molecule has 30 heavy (non-hydrogen) atoms. The molecule has 5 nitrogen and oxygen atoms in total. The van der Waals surface area contributed by atoms with E-state index in [2.05, 4.69) is 28.8 Å². The predicted molar refractivity (Wildman–Crippen MR) is 119 cm³/mol. The Bertz CT molecular complexity index is 1310. The Hall–Kier alpha value is -4.17. The quantitative estimate of drug-likeness (QED) is 0.238. The average molecular weight is 393 g/mol. The number of rotatable bonds is 5. The van der Waals surface area contributed by atoms with Gasteiger partial charge in [0, 0.05) is 40.8 Å². The lowest BCUT2D eigenvalue weighted by Crippen LogP contribution is -2.01. The van der Waals surface area contributed by atoms with Gasteiger partial charge in [0.1, 0.15) is 0 Å². The van der Waals surface area contributed by atoms with Gasteiger partial charge in [-0.3, -0.25) is 10.1 Å². The van der Waals surface area contributed by atoms with E-state index in [9.17, 15) is 15.4 Å². The zero-order chi connectivity index (χ0) is 21.1. The molecule has 0 aliphatic heterocycles. The highest BCUT2D eigenvalue weighted by atomic mass is 16.6. The minimum atomic E-state index is -0.449. The van der Waals surface area contributed by atoms with Gasteiger partial charge in [-0.25, -0.2) is 0 Å². The SMILES string of the molecule is Cc1c(C=C(C#N)c2cccc([N+](=O)[O-])c2)c2ccccc2n1Cc1ccccc1. The van der Waals surface area contributed by atoms with E-state index < -0.39 is 4.92 Å². The molecule has 0 aliphatic rings. The maximum Gasteiger partial charge on any atom is 0.270 e. The Labute approximate surface area is 174 Å². The molecule has 0 aliphatic carbocycles. The fourth-order valence-electron chi connectivity index (χ4n) is 3.72. The van der Waals surface area contributed by atoms with Crippen LogP contribution in [0.25, 0.3) is 22.6 Å². The third-order valence-corrected chi connectivity index (χ3v) is 5.24. The van der Waals surface area contributed by atoms with Gasteiger partial charge in [0.15, 0.2) is 0 Å². The Morgan fingerprint density at radius 3 is 2.53 bits per heavy atom. The first-order chi connectivity index (χ1) is 14.6. The summed E-state index contributed by atoms with van der Waals surface area (Å²) in [6.45, 7) is 2.76. The van der Waals surface area contributed by atoms with E-state index in [-0.39, 0.29) is 5.69 Å². The highest BCUT2D eigenvalue weighted by Crippen LogP contribution is 2.31. The zero-order valence-corrected chi connectivity index (χ0v) is 16.4. The van der Waals surface area contributed by atoms with Crippen molar-refractivity contribution in [2.75, 3.05) is 0 Å². The molecule has 5 heteroatoms. The van der Waals surface area contributed by atoms with Crippen molar-refractivity contribution in [2.45, 2.75) is 13.5 Å². The Morgan fingerprint density at radius 2 is 1.80 bits per heavy atom. The number of aromatic nitrogens is 1. The fraction of sp³-hybridized carbons (Fsp3) is 0.0800. The lowest BCUT2D eigenvalue weighted by atomic mass is 10.0. The second-order valence-electron chi connectivity index (χ2n) is 7.07. The molecule has 4 aromatic rings. The molecule has 1 heterocycles. The van der Waals surface area contributed by atoms with Crippen molar-refractivity contribution < 1.29 is 4.92 Å². The largest absolute Gasteiger partial charge is 0.340 e. The van der Waals surface area contributed by atoms with E-state index in [1.807, 2.05) is 49.4 Å². The Balaban J connectivity index is 1.86. The number of nitro benzene ring substituents is 1. The standard InChI is InChI=1S/C25H19N3O2/c1-18-24(15-21(16-26)20-10-7-11-22(14-20)28(29)30)23-12-5-6-13-25(23)27(18)17-19-8-3-2-4-9-19/h2-15H,17H2,1H3. The van der Waals surface area contributed by atoms with Gasteiger partial charge in [0.25, 0.3) is 5.69 Å². The summed E-state index contributed by atoms with van der Waals surface area (Å²) in [6, 6.07) is 26.7. The third kappa shape index (κ3) is 3.59. The number of fused-ring (bicyclic) bond motifs is 1. The normalized spacial score (nSPS) is 11.4. The zero-order valence-electron chi connectivity index (χ0n) is 16.4. The molecule has 0 saturated carbocycles. The number of hydrogen-bond acceptors (Lipinski definition) is 3. The van der Waals surface area contributed by atoms with Crippen LogP contribution in [0.4, 0.5) is 5.69 Å². The first kappa shape index (κ1) is 19.2. The number of hydrogen-bond donors (Lipinski definition) is 0. The first-order valence-corrected chi connectivity index (χ1v) is 9.57. The molecule has 0 atom stereocenters. The van der Waals surface area contributed by atoms with Gasteiger partial charge in [0.2, 0.25) is 0 Å². The van der Waals surface area contributed by atoms with Crippen molar-refractivity contribution in [3.05, 3.63) is 111 Å². The van der Waals surface area contributed by atoms with Crippen LogP contribution in [0.3, 0.4) is 0 Å². The fourth-order valence-corrected chi connectivity index (χ4v) is 3.72. The molecule has 0 spiro atoms. The van der Waals surface area contributed by atoms with Gasteiger partial charge >= 0.3 is 0 Å². The molecule has 0 saturated heterocycles. The summed E-state index contributed by atoms with van der Waals surface area (Å²) in [4.78, 5) is 10.7. The molecule has 3 aromatic carbocycles. The second-order valence-corrected chi connectivity index (χ2v) is 7.07. The number of nitrogens with zero attached hydrogens (tertiary/aromatic N) is 3. The van der Waals surface area contributed by atoms with Crippen molar-refractivity contribution in [1.82, 2.24) is 4.57 Å². The third-order valence-electron chi connectivity index (χ3n) is 5.24. The minimum absolute atomic E-state index is 0.0307. The molecular formula is C25H19N3O2. The van der Waals surface area contributed by atoms with Gasteiger partial charge in [-0.15, -0.1) is 0 Å². The number of para-hydroxylation sites is 1. The predicted octanol–water partition coefficient (Wildman–Crippen LogP) is 5.97. The van der Waals surface area contributed by atoms with Crippen LogP contribution in [0, 0.1) is 28.4 Å². The van der Waals surface area contributed by atoms with Crippen LogP contribution in [0.15, 0.2) is 78.9 Å². The van der Waals surface area contributed by atoms with Crippen molar-refractivity contribution in [3.63, 3.8) is 0 Å². The number of allylic oxidation sites excluding steroid dienone is 1. The van der Waals surface area contributed by atoms with Crippen LogP contribution in [-0.4, -0.2) is 9.49 Å². The summed E-state index contributed by atoms with van der Waals surface area (Å²) in [5, 5.41) is 22.0. The highest BCUT2D eigenvalue weighted by Gasteiger charge is 2.15. The monoisotopic (exact) mass is 393 g/mol. The van der Waals surface area contributed by atoms with Crippen LogP contribution < -0.4 is 0 Å². The van der Waals surface area contributed by atoms with Crippen molar-refractivity contribution >= 4 is 28.2 Å². The number of non-ortho nitro benzene ring substituents is 1. The molecule has 0 fully saturated rings. The van der Waals surface area contributed by atoms with Crippen LogP contribution in [-0.2, 0) is 6.54 Å². The molecule has 0 radical (unpaired) electrons. The van der Waals surface area contributed by atoms with E-state index in [0.29, 0.717) is 11.1 Å². The minimum Gasteiger partial charge on any atom is -0.340 e. The molecule has 0 unspecified atom stereocenters. The highest BCUT2D eigenvalue weighted by molar-refractivity contribution is 5.99. The van der Waals surface area contributed by atoms with Gasteiger partial charge in [-0.2, -0.15) is 5.26 Å². The number of nitriles is 1. The second kappa shape index (κ2) is 8.06. The van der Waals surface area contributed by atoms with Crippen LogP contribution in [0.5, 0.6) is 0 Å². The van der Waals surface area contributed by atoms with E-state index in [4.69, 9.17) is 0 Å². The van der Waals surface area contributed by atoms with E-state index in [0.717, 1.165) is 28.7 Å². The Morgan fingerprint density at radius 1 is 1.07 bits per heavy atom. The van der Waals surface area contributed by atoms with Gasteiger partial charge in [-0.1, -0.05) is 60.7 Å². The average Bonchev–Trinajstić information content (AvgIpc) is 3.04. The first-order valence-electron chi connectivity index (χ1n) is 9.57. The molecular weight excluding hydrogens is 374 g/mol. The summed E-state index contributed by atoms with van der Waals surface area (Å²) in [5.74, 6) is 0. The number of benzene rings is 3. The van der Waals surface area contributed by atoms with Gasteiger partial charge in [-0.05, 0) is 30.2 Å². The molecule has 1 aromatic heterocycles. The lowest BCUT2D eigenvalue weighted by Gasteiger charge is -2.08. The van der Waals surface area contributed by atoms with E-state index in [1.165, 1.54) is 17.7 Å². The lowest BCUT2D eigenvalue weighted by molar-refractivity contribution is -0.384. The maximum absolute atomic E-state index is 11.1. The van der Waals surface area contributed by atoms with Crippen molar-refractivity contribution in [1.29, 1.82) is 5.26 Å². The smallest absolute Gasteiger partial charge is 0.270 e. The van der Waals surface area contributed by atoms with Crippen LogP contribution in [0.1, 0.15) is 22.4 Å². The van der Waals surface area contributed by atoms with Gasteiger partial charge in [0.05, 0.1) is 16.6 Å².